The van der Waals surface area contributed by atoms with Crippen molar-refractivity contribution in [1.29, 1.82) is 0 Å². The predicted octanol–water partition coefficient (Wildman–Crippen LogP) is 0.938. The number of fused-ring (bicyclic) bond motifs is 1. The average Bonchev–Trinajstić information content (AvgIpc) is 3.90. The summed E-state index contributed by atoms with van der Waals surface area (Å²) in [7, 11) is 0. The number of unbranched alkanes of at least 4 members (excludes halogenated alkanes) is 1. The van der Waals surface area contributed by atoms with E-state index in [1.807, 2.05) is 54.6 Å². The maximum absolute atomic E-state index is 14.4. The molecule has 0 saturated heterocycles. The van der Waals surface area contributed by atoms with Gasteiger partial charge >= 0.3 is 0 Å². The molecular formula is C44H54N8O7. The van der Waals surface area contributed by atoms with Crippen molar-refractivity contribution < 1.29 is 33.9 Å². The average molecular weight is 807 g/mol. The molecule has 15 nitrogen and oxygen atoms in total. The van der Waals surface area contributed by atoms with Gasteiger partial charge in [-0.2, -0.15) is 0 Å². The quantitative estimate of drug-likeness (QED) is 0.0339. The monoisotopic (exact) mass is 806 g/mol. The van der Waals surface area contributed by atoms with E-state index >= 15 is 0 Å². The highest BCUT2D eigenvalue weighted by Crippen LogP contribution is 2.20. The Labute approximate surface area is 343 Å². The molecule has 0 radical (unpaired) electrons. The maximum Gasteiger partial charge on any atom is 0.247 e. The molecule has 0 bridgehead atoms. The van der Waals surface area contributed by atoms with Crippen molar-refractivity contribution in [1.82, 2.24) is 31.2 Å². The third kappa shape index (κ3) is 12.2. The minimum atomic E-state index is -1.44. The Morgan fingerprint density at radius 3 is 2.10 bits per heavy atom. The summed E-state index contributed by atoms with van der Waals surface area (Å²) in [5, 5.41) is 22.3. The first kappa shape index (κ1) is 44.0. The molecule has 0 fully saturated rings. The third-order valence-electron chi connectivity index (χ3n) is 10.3. The zero-order valence-electron chi connectivity index (χ0n) is 33.1. The van der Waals surface area contributed by atoms with Crippen LogP contribution in [0, 0.1) is 0 Å². The highest BCUT2D eigenvalue weighted by molar-refractivity contribution is 5.97. The molecule has 2 heterocycles. The van der Waals surface area contributed by atoms with Crippen LogP contribution in [0.15, 0.2) is 103 Å². The minimum Gasteiger partial charge on any atom is -0.391 e. The largest absolute Gasteiger partial charge is 0.391 e. The molecule has 7 atom stereocenters. The molecule has 15 heteroatoms. The molecule has 0 saturated carbocycles. The molecule has 1 aliphatic heterocycles. The minimum absolute atomic E-state index is 0.0257. The smallest absolute Gasteiger partial charge is 0.247 e. The van der Waals surface area contributed by atoms with Crippen LogP contribution in [-0.4, -0.2) is 106 Å². The summed E-state index contributed by atoms with van der Waals surface area (Å²) in [6.45, 7) is 1.81. The second-order valence-electron chi connectivity index (χ2n) is 14.8. The van der Waals surface area contributed by atoms with Crippen LogP contribution in [-0.2, 0) is 48.0 Å². The number of nitrogens with two attached hydrogens (primary N) is 2. The molecule has 312 valence electrons. The standard InChI is InChI=1S/C44H54N8O7/c1-28(54)39(51-40(55)34(46)18-10-11-21-45)43(58)50-37(24-30-15-6-3-7-16-30)44(59)52-22-12-20-38(52)42(57)49-36(23-29-13-4-2-5-14-29)41(56)48-32(27-53)25-31-26-47-35-19-9-8-17-33(31)35/h2-9,12-17,19-20,26-28,32,34,36-39,47,54H,10-11,18,21-25,45-46H2,1H3,(H,48,56)(H,49,57)(H,50,58)(H,51,55)/t28-,32-,34+,36+,37+,38-,39+/m1/s1. The van der Waals surface area contributed by atoms with Crippen molar-refractivity contribution in [3.63, 3.8) is 0 Å². The number of carbonyl (C=O) groups is 6. The fourth-order valence-corrected chi connectivity index (χ4v) is 7.06. The Balaban J connectivity index is 1.32. The van der Waals surface area contributed by atoms with E-state index in [0.29, 0.717) is 37.7 Å². The Kier molecular flexibility index (Phi) is 16.1. The van der Waals surface area contributed by atoms with Crippen LogP contribution in [0.2, 0.25) is 0 Å². The molecule has 5 rings (SSSR count). The summed E-state index contributed by atoms with van der Waals surface area (Å²) in [4.78, 5) is 85.8. The molecule has 1 aromatic heterocycles. The Bertz CT molecular complexity index is 2070. The summed E-state index contributed by atoms with van der Waals surface area (Å²) < 4.78 is 0. The number of aliphatic hydroxyl groups is 1. The molecule has 4 aromatic rings. The highest BCUT2D eigenvalue weighted by atomic mass is 16.3. The van der Waals surface area contributed by atoms with E-state index in [-0.39, 0.29) is 25.8 Å². The topological polar surface area (TPSA) is 242 Å². The summed E-state index contributed by atoms with van der Waals surface area (Å²) in [6, 6.07) is 18.9. The van der Waals surface area contributed by atoms with Crippen LogP contribution in [0.25, 0.3) is 10.9 Å². The Morgan fingerprint density at radius 2 is 1.46 bits per heavy atom. The molecular weight excluding hydrogens is 753 g/mol. The Morgan fingerprint density at radius 1 is 0.814 bits per heavy atom. The van der Waals surface area contributed by atoms with Gasteiger partial charge in [-0.05, 0) is 49.1 Å². The van der Waals surface area contributed by atoms with Gasteiger partial charge in [-0.3, -0.25) is 24.0 Å². The number of benzene rings is 3. The number of nitrogens with zero attached hydrogens (tertiary/aromatic N) is 1. The predicted molar refractivity (Wildman–Crippen MR) is 223 cm³/mol. The number of nitrogens with one attached hydrogen (secondary N) is 5. The fourth-order valence-electron chi connectivity index (χ4n) is 7.06. The number of aldehydes is 1. The summed E-state index contributed by atoms with van der Waals surface area (Å²) in [6.07, 6.45) is 6.24. The van der Waals surface area contributed by atoms with Gasteiger partial charge in [0.1, 0.15) is 30.5 Å². The van der Waals surface area contributed by atoms with E-state index in [0.717, 1.165) is 22.0 Å². The first-order chi connectivity index (χ1) is 28.5. The zero-order valence-corrected chi connectivity index (χ0v) is 33.1. The van der Waals surface area contributed by atoms with Crippen molar-refractivity contribution in [2.45, 2.75) is 87.8 Å². The first-order valence-corrected chi connectivity index (χ1v) is 19.9. The lowest BCUT2D eigenvalue weighted by Crippen LogP contribution is -2.61. The van der Waals surface area contributed by atoms with E-state index in [1.165, 1.54) is 11.8 Å². The molecule has 0 aliphatic carbocycles. The number of hydrogen-bond donors (Lipinski definition) is 8. The number of carbonyl (C=O) groups excluding carboxylic acids is 6. The van der Waals surface area contributed by atoms with Gasteiger partial charge in [0.25, 0.3) is 0 Å². The number of aromatic amines is 1. The molecule has 59 heavy (non-hydrogen) atoms. The van der Waals surface area contributed by atoms with Crippen LogP contribution in [0.5, 0.6) is 0 Å². The summed E-state index contributed by atoms with van der Waals surface area (Å²) >= 11 is 0. The van der Waals surface area contributed by atoms with Crippen molar-refractivity contribution >= 4 is 46.7 Å². The highest BCUT2D eigenvalue weighted by Gasteiger charge is 2.38. The van der Waals surface area contributed by atoms with E-state index in [4.69, 9.17) is 11.5 Å². The first-order valence-electron chi connectivity index (χ1n) is 19.9. The van der Waals surface area contributed by atoms with Crippen LogP contribution in [0.3, 0.4) is 0 Å². The van der Waals surface area contributed by atoms with Crippen molar-refractivity contribution in [2.24, 2.45) is 11.5 Å². The van der Waals surface area contributed by atoms with Crippen molar-refractivity contribution in [3.8, 4) is 0 Å². The molecule has 5 amide bonds. The number of H-pyrrole nitrogens is 1. The Hall–Kier alpha value is -6.16. The fraction of sp³-hybridized carbons (Fsp3) is 0.364. The second kappa shape index (κ2) is 21.6. The number of amides is 5. The zero-order chi connectivity index (χ0) is 42.3. The van der Waals surface area contributed by atoms with Crippen LogP contribution < -0.4 is 32.7 Å². The van der Waals surface area contributed by atoms with Gasteiger partial charge in [-0.1, -0.05) is 97.4 Å². The van der Waals surface area contributed by atoms with E-state index in [9.17, 15) is 33.9 Å². The molecule has 0 spiro atoms. The normalized spacial score (nSPS) is 16.6. The SMILES string of the molecule is C[C@@H](O)[C@H](NC(=O)[C@@H](N)CCCCN)C(=O)N[C@@H](Cc1ccccc1)C(=O)N1CC=C[C@@H]1C(=O)N[C@@H](Cc1ccccc1)C(=O)N[C@@H](C=O)Cc1c[nH]c2ccccc12. The lowest BCUT2D eigenvalue weighted by Gasteiger charge is -2.31. The van der Waals surface area contributed by atoms with Crippen LogP contribution in [0.4, 0.5) is 0 Å². The van der Waals surface area contributed by atoms with E-state index in [1.54, 1.807) is 48.7 Å². The van der Waals surface area contributed by atoms with Crippen molar-refractivity contribution in [3.05, 3.63) is 120 Å². The number of rotatable bonds is 21. The van der Waals surface area contributed by atoms with Gasteiger partial charge in [0.05, 0.1) is 18.2 Å². The van der Waals surface area contributed by atoms with E-state index < -0.39 is 71.9 Å². The maximum atomic E-state index is 14.4. The lowest BCUT2D eigenvalue weighted by molar-refractivity contribution is -0.142. The van der Waals surface area contributed by atoms with Gasteiger partial charge in [0.15, 0.2) is 0 Å². The number of para-hydroxylation sites is 1. The number of aliphatic hydroxyl groups excluding tert-OH is 1. The van der Waals surface area contributed by atoms with E-state index in [2.05, 4.69) is 26.3 Å². The van der Waals surface area contributed by atoms with Gasteiger partial charge in [0.2, 0.25) is 29.5 Å². The lowest BCUT2D eigenvalue weighted by atomic mass is 10.0. The third-order valence-corrected chi connectivity index (χ3v) is 10.3. The molecule has 1 aliphatic rings. The van der Waals surface area contributed by atoms with Crippen LogP contribution in [0.1, 0.15) is 42.9 Å². The summed E-state index contributed by atoms with van der Waals surface area (Å²) in [5.41, 5.74) is 14.8. The van der Waals surface area contributed by atoms with Gasteiger partial charge in [-0.25, -0.2) is 0 Å². The number of hydrogen-bond acceptors (Lipinski definition) is 9. The van der Waals surface area contributed by atoms with Gasteiger partial charge in [0, 0.05) is 42.9 Å². The molecule has 0 unspecified atom stereocenters. The van der Waals surface area contributed by atoms with Crippen LogP contribution >= 0.6 is 0 Å². The van der Waals surface area contributed by atoms with Gasteiger partial charge in [-0.15, -0.1) is 0 Å². The second-order valence-corrected chi connectivity index (χ2v) is 14.8. The molecule has 10 N–H and O–H groups in total. The number of aromatic nitrogens is 1. The molecule has 3 aromatic carbocycles. The summed E-state index contributed by atoms with van der Waals surface area (Å²) in [5.74, 6) is -3.29. The van der Waals surface area contributed by atoms with Gasteiger partial charge < -0.3 is 52.5 Å². The van der Waals surface area contributed by atoms with Crippen molar-refractivity contribution in [2.75, 3.05) is 13.1 Å².